The molecule has 43 heavy (non-hydrogen) atoms. The zero-order valence-electron chi connectivity index (χ0n) is 22.9. The molecule has 1 saturated carbocycles. The van der Waals surface area contributed by atoms with Gasteiger partial charge in [-0.3, -0.25) is 24.2 Å². The maximum Gasteiger partial charge on any atom is 0.251 e. The van der Waals surface area contributed by atoms with Crippen LogP contribution in [-0.2, 0) is 14.4 Å². The molecule has 2 heterocycles. The van der Waals surface area contributed by atoms with Gasteiger partial charge in [-0.1, -0.05) is 35.9 Å². The summed E-state index contributed by atoms with van der Waals surface area (Å²) >= 11 is 6.56. The summed E-state index contributed by atoms with van der Waals surface area (Å²) in [6, 6.07) is 13.1. The number of rotatable bonds is 7. The van der Waals surface area contributed by atoms with Crippen LogP contribution in [0.1, 0.15) is 55.7 Å². The third-order valence-corrected chi connectivity index (χ3v) is 8.06. The summed E-state index contributed by atoms with van der Waals surface area (Å²) in [5, 5.41) is 12.3. The summed E-state index contributed by atoms with van der Waals surface area (Å²) in [4.78, 5) is 48.2. The number of alkyl halides is 2. The normalized spacial score (nSPS) is 19.0. The minimum absolute atomic E-state index is 0.00883. The van der Waals surface area contributed by atoms with Crippen molar-refractivity contribution in [1.29, 1.82) is 5.26 Å². The Labute approximate surface area is 251 Å². The van der Waals surface area contributed by atoms with E-state index in [0.29, 0.717) is 0 Å². The van der Waals surface area contributed by atoms with Crippen LogP contribution in [0, 0.1) is 17.1 Å². The second kappa shape index (κ2) is 12.4. The number of hydrogen-bond acceptors (Lipinski definition) is 5. The van der Waals surface area contributed by atoms with E-state index in [1.165, 1.54) is 47.5 Å². The molecule has 3 amide bonds. The maximum atomic E-state index is 14.6. The summed E-state index contributed by atoms with van der Waals surface area (Å²) < 4.78 is 42.3. The Hall–Kier alpha value is -4.43. The number of carbonyl (C=O) groups excluding carboxylic acids is 3. The molecule has 0 bridgehead atoms. The third kappa shape index (κ3) is 6.49. The lowest BCUT2D eigenvalue weighted by molar-refractivity contribution is -0.128. The van der Waals surface area contributed by atoms with E-state index < -0.39 is 60.4 Å². The Morgan fingerprint density at radius 3 is 2.53 bits per heavy atom. The number of halogens is 4. The van der Waals surface area contributed by atoms with E-state index in [-0.39, 0.29) is 53.3 Å². The molecule has 1 N–H and O–H groups in total. The van der Waals surface area contributed by atoms with Crippen LogP contribution in [0.4, 0.5) is 24.7 Å². The Kier molecular flexibility index (Phi) is 8.69. The van der Waals surface area contributed by atoms with Crippen molar-refractivity contribution in [3.63, 3.8) is 0 Å². The smallest absolute Gasteiger partial charge is 0.251 e. The van der Waals surface area contributed by atoms with Gasteiger partial charge in [0.25, 0.3) is 5.91 Å². The van der Waals surface area contributed by atoms with Gasteiger partial charge in [-0.05, 0) is 55.7 Å². The van der Waals surface area contributed by atoms with Crippen LogP contribution in [0.2, 0.25) is 5.02 Å². The first-order valence-electron chi connectivity index (χ1n) is 13.8. The van der Waals surface area contributed by atoms with Crippen molar-refractivity contribution in [1.82, 2.24) is 10.3 Å². The number of nitriles is 1. The molecule has 1 aromatic heterocycles. The lowest BCUT2D eigenvalue weighted by Gasteiger charge is -2.37. The number of benzene rings is 2. The molecule has 0 spiro atoms. The van der Waals surface area contributed by atoms with E-state index in [1.54, 1.807) is 18.2 Å². The summed E-state index contributed by atoms with van der Waals surface area (Å²) in [5.74, 6) is -5.23. The minimum atomic E-state index is -2.82. The number of amides is 3. The molecule has 1 aliphatic heterocycles. The van der Waals surface area contributed by atoms with Crippen LogP contribution in [0.25, 0.3) is 0 Å². The van der Waals surface area contributed by atoms with Crippen molar-refractivity contribution in [2.45, 2.75) is 62.6 Å². The molecule has 2 aromatic carbocycles. The van der Waals surface area contributed by atoms with Gasteiger partial charge >= 0.3 is 0 Å². The zero-order chi connectivity index (χ0) is 30.7. The molecule has 1 aliphatic carbocycles. The molecule has 8 nitrogen and oxygen atoms in total. The molecule has 2 fully saturated rings. The van der Waals surface area contributed by atoms with Crippen LogP contribution >= 0.6 is 11.6 Å². The summed E-state index contributed by atoms with van der Waals surface area (Å²) in [6.07, 6.45) is 0.687. The highest BCUT2D eigenvalue weighted by Crippen LogP contribution is 2.37. The minimum Gasteiger partial charge on any atom is -0.351 e. The number of aromatic nitrogens is 1. The average Bonchev–Trinajstić information content (AvgIpc) is 3.38. The van der Waals surface area contributed by atoms with Gasteiger partial charge in [0.2, 0.25) is 17.7 Å². The second-order valence-corrected chi connectivity index (χ2v) is 11.0. The molecule has 2 aliphatic rings. The Balaban J connectivity index is 1.59. The molecule has 2 unspecified atom stereocenters. The number of nitrogens with one attached hydrogen (secondary N) is 1. The van der Waals surface area contributed by atoms with E-state index in [9.17, 15) is 32.8 Å². The van der Waals surface area contributed by atoms with E-state index in [0.717, 1.165) is 11.0 Å². The van der Waals surface area contributed by atoms with E-state index >= 15 is 0 Å². The predicted octanol–water partition coefficient (Wildman–Crippen LogP) is 5.71. The Bertz CT molecular complexity index is 1590. The van der Waals surface area contributed by atoms with E-state index in [4.69, 9.17) is 11.6 Å². The number of nitrogens with zero attached hydrogens (tertiary/aromatic N) is 4. The molecule has 222 valence electrons. The van der Waals surface area contributed by atoms with Gasteiger partial charge < -0.3 is 5.32 Å². The summed E-state index contributed by atoms with van der Waals surface area (Å²) in [7, 11) is 0. The van der Waals surface area contributed by atoms with Gasteiger partial charge in [-0.2, -0.15) is 5.26 Å². The van der Waals surface area contributed by atoms with Crippen molar-refractivity contribution in [2.75, 3.05) is 9.80 Å². The Morgan fingerprint density at radius 2 is 1.84 bits per heavy atom. The van der Waals surface area contributed by atoms with Gasteiger partial charge in [-0.25, -0.2) is 18.2 Å². The van der Waals surface area contributed by atoms with Crippen molar-refractivity contribution >= 4 is 40.8 Å². The van der Waals surface area contributed by atoms with Crippen molar-refractivity contribution in [2.24, 2.45) is 0 Å². The van der Waals surface area contributed by atoms with Gasteiger partial charge in [0, 0.05) is 47.8 Å². The monoisotopic (exact) mass is 609 g/mol. The van der Waals surface area contributed by atoms with Gasteiger partial charge in [0.05, 0.1) is 11.6 Å². The van der Waals surface area contributed by atoms with Gasteiger partial charge in [0.1, 0.15) is 23.7 Å². The summed E-state index contributed by atoms with van der Waals surface area (Å²) in [5.41, 5.74) is 0.475. The first-order valence-corrected chi connectivity index (χ1v) is 14.2. The van der Waals surface area contributed by atoms with Crippen molar-refractivity contribution in [3.05, 3.63) is 88.8 Å². The number of carbonyl (C=O) groups is 3. The SMILES string of the molecule is N#Cc1ccnc(N2C(=O)CCC2C(=O)N(c2cccc(F)c2)C(C(=O)NC2CCC(F)(F)CC2)c2ccccc2Cl)c1. The highest BCUT2D eigenvalue weighted by molar-refractivity contribution is 6.31. The average molecular weight is 610 g/mol. The fourth-order valence-electron chi connectivity index (χ4n) is 5.57. The maximum absolute atomic E-state index is 14.6. The highest BCUT2D eigenvalue weighted by Gasteiger charge is 2.45. The fraction of sp³-hybridized carbons (Fsp3) is 0.323. The predicted molar refractivity (Wildman–Crippen MR) is 153 cm³/mol. The van der Waals surface area contributed by atoms with Crippen LogP contribution in [0.15, 0.2) is 66.9 Å². The number of hydrogen-bond donors (Lipinski definition) is 1. The molecule has 0 radical (unpaired) electrons. The molecule has 1 saturated heterocycles. The van der Waals surface area contributed by atoms with Crippen LogP contribution in [-0.4, -0.2) is 40.7 Å². The first kappa shape index (κ1) is 30.0. The van der Waals surface area contributed by atoms with Gasteiger partial charge in [-0.15, -0.1) is 0 Å². The lowest BCUT2D eigenvalue weighted by Crippen LogP contribution is -2.53. The lowest BCUT2D eigenvalue weighted by atomic mass is 9.91. The van der Waals surface area contributed by atoms with E-state index in [1.807, 2.05) is 6.07 Å². The highest BCUT2D eigenvalue weighted by atomic mass is 35.5. The van der Waals surface area contributed by atoms with Crippen LogP contribution in [0.3, 0.4) is 0 Å². The molecule has 12 heteroatoms. The second-order valence-electron chi connectivity index (χ2n) is 10.6. The fourth-order valence-corrected chi connectivity index (χ4v) is 5.81. The Morgan fingerprint density at radius 1 is 1.09 bits per heavy atom. The van der Waals surface area contributed by atoms with E-state index in [2.05, 4.69) is 10.3 Å². The van der Waals surface area contributed by atoms with Crippen molar-refractivity contribution < 1.29 is 27.6 Å². The topological polar surface area (TPSA) is 106 Å². The molecular weight excluding hydrogens is 583 g/mol. The quantitative estimate of drug-likeness (QED) is 0.369. The molecule has 2 atom stereocenters. The third-order valence-electron chi connectivity index (χ3n) is 7.71. The zero-order valence-corrected chi connectivity index (χ0v) is 23.6. The largest absolute Gasteiger partial charge is 0.351 e. The molecular formula is C31H27ClF3N5O3. The first-order chi connectivity index (χ1) is 20.6. The van der Waals surface area contributed by atoms with Gasteiger partial charge in [0.15, 0.2) is 0 Å². The van der Waals surface area contributed by atoms with Crippen LogP contribution in [0.5, 0.6) is 0 Å². The molecule has 5 rings (SSSR count). The standard InChI is InChI=1S/C31H27ClF3N5O3/c32-24-7-2-1-6-23(24)28(29(42)38-21-10-13-31(34,35)14-11-21)39(22-5-3-4-20(33)17-22)30(43)25-8-9-27(41)40(25)26-16-19(18-36)12-15-37-26/h1-7,12,15-17,21,25,28H,8-11,13-14H2,(H,38,42). The molecule has 3 aromatic rings. The van der Waals surface area contributed by atoms with Crippen LogP contribution < -0.4 is 15.1 Å². The van der Waals surface area contributed by atoms with Crippen molar-refractivity contribution in [3.8, 4) is 6.07 Å². The summed E-state index contributed by atoms with van der Waals surface area (Å²) in [6.45, 7) is 0. The number of anilines is 2. The number of pyridine rings is 1.